The van der Waals surface area contributed by atoms with E-state index in [1.165, 1.54) is 16.8 Å². The van der Waals surface area contributed by atoms with Crippen LogP contribution < -0.4 is 10.9 Å². The molecule has 148 valence electrons. The van der Waals surface area contributed by atoms with Gasteiger partial charge in [-0.2, -0.15) is 9.78 Å². The molecule has 0 aliphatic carbocycles. The van der Waals surface area contributed by atoms with Crippen LogP contribution in [0, 0.1) is 0 Å². The molecular weight excluding hydrogens is 366 g/mol. The predicted molar refractivity (Wildman–Crippen MR) is 110 cm³/mol. The van der Waals surface area contributed by atoms with Crippen LogP contribution >= 0.6 is 0 Å². The van der Waals surface area contributed by atoms with Crippen LogP contribution in [0.1, 0.15) is 29.0 Å². The smallest absolute Gasteiger partial charge is 0.271 e. The Balaban J connectivity index is 1.36. The first kappa shape index (κ1) is 19.0. The van der Waals surface area contributed by atoms with Gasteiger partial charge in [-0.05, 0) is 43.2 Å². The maximum Gasteiger partial charge on any atom is 0.271 e. The Kier molecular flexibility index (Phi) is 5.76. The van der Waals surface area contributed by atoms with Crippen LogP contribution in [0.3, 0.4) is 0 Å². The van der Waals surface area contributed by atoms with Crippen LogP contribution in [0.5, 0.6) is 0 Å². The zero-order chi connectivity index (χ0) is 20.1. The van der Waals surface area contributed by atoms with Gasteiger partial charge >= 0.3 is 0 Å². The Morgan fingerprint density at radius 1 is 1.00 bits per heavy atom. The lowest BCUT2D eigenvalue weighted by Gasteiger charge is -2.32. The van der Waals surface area contributed by atoms with Crippen molar-refractivity contribution in [3.05, 3.63) is 88.6 Å². The number of nitrogens with zero attached hydrogens (tertiary/aromatic N) is 4. The summed E-state index contributed by atoms with van der Waals surface area (Å²) < 4.78 is 1.25. The molecule has 4 rings (SSSR count). The zero-order valence-electron chi connectivity index (χ0n) is 16.1. The topological polar surface area (TPSA) is 80.1 Å². The van der Waals surface area contributed by atoms with Gasteiger partial charge < -0.3 is 5.32 Å². The second-order valence-corrected chi connectivity index (χ2v) is 7.15. The average Bonchev–Trinajstić information content (AvgIpc) is 2.77. The molecule has 0 unspecified atom stereocenters. The third-order valence-corrected chi connectivity index (χ3v) is 5.07. The maximum atomic E-state index is 12.7. The largest absolute Gasteiger partial charge is 0.348 e. The second kappa shape index (κ2) is 8.79. The van der Waals surface area contributed by atoms with Gasteiger partial charge in [-0.15, -0.1) is 0 Å². The lowest BCUT2D eigenvalue weighted by molar-refractivity contribution is 0.0901. The standard InChI is InChI=1S/C22H23N5O2/c28-21-10-9-20(25-27(21)19-7-2-1-3-8-19)22(29)24-17-11-14-26(15-12-17)16-18-6-4-5-13-23-18/h1-10,13,17H,11-12,14-16H2,(H,24,29). The van der Waals surface area contributed by atoms with Crippen LogP contribution in [-0.2, 0) is 6.54 Å². The number of hydrogen-bond acceptors (Lipinski definition) is 5. The van der Waals surface area contributed by atoms with E-state index in [4.69, 9.17) is 0 Å². The van der Waals surface area contributed by atoms with Crippen molar-refractivity contribution in [3.63, 3.8) is 0 Å². The number of likely N-dealkylation sites (tertiary alicyclic amines) is 1. The number of benzene rings is 1. The summed E-state index contributed by atoms with van der Waals surface area (Å²) in [6.07, 6.45) is 3.55. The summed E-state index contributed by atoms with van der Waals surface area (Å²) in [6, 6.07) is 18.0. The molecule has 1 aromatic carbocycles. The van der Waals surface area contributed by atoms with Gasteiger partial charge in [-0.25, -0.2) is 0 Å². The Hall–Kier alpha value is -3.32. The summed E-state index contributed by atoms with van der Waals surface area (Å²) >= 11 is 0. The Morgan fingerprint density at radius 2 is 1.76 bits per heavy atom. The van der Waals surface area contributed by atoms with Crippen molar-refractivity contribution in [2.45, 2.75) is 25.4 Å². The molecule has 0 radical (unpaired) electrons. The normalized spacial score (nSPS) is 15.2. The molecule has 1 N–H and O–H groups in total. The molecule has 3 aromatic rings. The van der Waals surface area contributed by atoms with Gasteiger partial charge in [0, 0.05) is 37.9 Å². The highest BCUT2D eigenvalue weighted by molar-refractivity contribution is 5.92. The van der Waals surface area contributed by atoms with Crippen molar-refractivity contribution in [1.82, 2.24) is 25.0 Å². The third kappa shape index (κ3) is 4.75. The number of carbonyl (C=O) groups is 1. The molecule has 1 saturated heterocycles. The number of aromatic nitrogens is 3. The molecule has 2 aromatic heterocycles. The molecule has 1 aliphatic heterocycles. The Labute approximate surface area is 169 Å². The summed E-state index contributed by atoms with van der Waals surface area (Å²) in [5.41, 5.74) is 1.66. The second-order valence-electron chi connectivity index (χ2n) is 7.15. The maximum absolute atomic E-state index is 12.7. The van der Waals surface area contributed by atoms with Gasteiger partial charge in [0.1, 0.15) is 5.69 Å². The minimum Gasteiger partial charge on any atom is -0.348 e. The fraction of sp³-hybridized carbons (Fsp3) is 0.273. The molecule has 0 atom stereocenters. The molecule has 1 fully saturated rings. The van der Waals surface area contributed by atoms with E-state index in [9.17, 15) is 9.59 Å². The van der Waals surface area contributed by atoms with E-state index in [0.29, 0.717) is 5.69 Å². The molecule has 0 spiro atoms. The van der Waals surface area contributed by atoms with Gasteiger partial charge in [0.2, 0.25) is 0 Å². The fourth-order valence-electron chi connectivity index (χ4n) is 3.50. The molecule has 0 bridgehead atoms. The molecule has 7 nitrogen and oxygen atoms in total. The van der Waals surface area contributed by atoms with Crippen molar-refractivity contribution >= 4 is 5.91 Å². The number of hydrogen-bond donors (Lipinski definition) is 1. The van der Waals surface area contributed by atoms with Crippen LogP contribution in [0.2, 0.25) is 0 Å². The number of nitrogens with one attached hydrogen (secondary N) is 1. The van der Waals surface area contributed by atoms with E-state index in [1.807, 2.05) is 42.6 Å². The summed E-state index contributed by atoms with van der Waals surface area (Å²) in [5, 5.41) is 7.31. The summed E-state index contributed by atoms with van der Waals surface area (Å²) in [5.74, 6) is -0.252. The van der Waals surface area contributed by atoms with E-state index < -0.39 is 0 Å². The van der Waals surface area contributed by atoms with Crippen molar-refractivity contribution in [3.8, 4) is 5.69 Å². The molecule has 1 amide bonds. The first-order valence-corrected chi connectivity index (χ1v) is 9.78. The molecule has 29 heavy (non-hydrogen) atoms. The highest BCUT2D eigenvalue weighted by Gasteiger charge is 2.22. The minimum absolute atomic E-state index is 0.0985. The van der Waals surface area contributed by atoms with E-state index in [2.05, 4.69) is 20.3 Å². The summed E-state index contributed by atoms with van der Waals surface area (Å²) in [7, 11) is 0. The number of rotatable bonds is 5. The predicted octanol–water partition coefficient (Wildman–Crippen LogP) is 2.02. The monoisotopic (exact) mass is 389 g/mol. The van der Waals surface area contributed by atoms with Crippen LogP contribution in [0.25, 0.3) is 5.69 Å². The minimum atomic E-state index is -0.268. The van der Waals surface area contributed by atoms with E-state index >= 15 is 0 Å². The Bertz CT molecular complexity index is 1010. The van der Waals surface area contributed by atoms with Crippen molar-refractivity contribution in [2.75, 3.05) is 13.1 Å². The van der Waals surface area contributed by atoms with Crippen molar-refractivity contribution < 1.29 is 4.79 Å². The Morgan fingerprint density at radius 3 is 2.48 bits per heavy atom. The molecule has 3 heterocycles. The van der Waals surface area contributed by atoms with E-state index in [-0.39, 0.29) is 23.2 Å². The average molecular weight is 389 g/mol. The van der Waals surface area contributed by atoms with E-state index in [0.717, 1.165) is 38.2 Å². The SMILES string of the molecule is O=C(NC1CCN(Cc2ccccn2)CC1)c1ccc(=O)n(-c2ccccc2)n1. The number of pyridine rings is 1. The number of carbonyl (C=O) groups excluding carboxylic acids is 1. The van der Waals surface area contributed by atoms with Gasteiger partial charge in [-0.3, -0.25) is 19.5 Å². The van der Waals surface area contributed by atoms with Crippen molar-refractivity contribution in [1.29, 1.82) is 0 Å². The lowest BCUT2D eigenvalue weighted by Crippen LogP contribution is -2.44. The van der Waals surface area contributed by atoms with Gasteiger partial charge in [-0.1, -0.05) is 24.3 Å². The van der Waals surface area contributed by atoms with Crippen LogP contribution in [0.4, 0.5) is 0 Å². The first-order chi connectivity index (χ1) is 14.2. The molecule has 0 saturated carbocycles. The molecule has 7 heteroatoms. The fourth-order valence-corrected chi connectivity index (χ4v) is 3.50. The summed E-state index contributed by atoms with van der Waals surface area (Å²) in [6.45, 7) is 2.63. The number of piperidine rings is 1. The van der Waals surface area contributed by atoms with Crippen LogP contribution in [-0.4, -0.2) is 44.7 Å². The highest BCUT2D eigenvalue weighted by atomic mass is 16.2. The van der Waals surface area contributed by atoms with Gasteiger partial charge in [0.25, 0.3) is 11.5 Å². The summed E-state index contributed by atoms with van der Waals surface area (Å²) in [4.78, 5) is 31.5. The van der Waals surface area contributed by atoms with E-state index in [1.54, 1.807) is 12.1 Å². The van der Waals surface area contributed by atoms with Crippen LogP contribution in [0.15, 0.2) is 71.7 Å². The van der Waals surface area contributed by atoms with Gasteiger partial charge in [0.15, 0.2) is 0 Å². The zero-order valence-corrected chi connectivity index (χ0v) is 16.1. The number of para-hydroxylation sites is 1. The first-order valence-electron chi connectivity index (χ1n) is 9.78. The highest BCUT2D eigenvalue weighted by Crippen LogP contribution is 2.13. The lowest BCUT2D eigenvalue weighted by atomic mass is 10.0. The van der Waals surface area contributed by atoms with Crippen molar-refractivity contribution in [2.24, 2.45) is 0 Å². The molecular formula is C22H23N5O2. The molecule has 1 aliphatic rings. The quantitative estimate of drug-likeness (QED) is 0.722. The third-order valence-electron chi connectivity index (χ3n) is 5.07. The van der Waals surface area contributed by atoms with Gasteiger partial charge in [0.05, 0.1) is 11.4 Å². The number of amides is 1.